The third-order valence-corrected chi connectivity index (χ3v) is 3.09. The molecule has 4 nitrogen and oxygen atoms in total. The Kier molecular flexibility index (Phi) is 3.71. The lowest BCUT2D eigenvalue weighted by molar-refractivity contribution is 0.102. The van der Waals surface area contributed by atoms with E-state index in [4.69, 9.17) is 5.73 Å². The predicted octanol–water partition coefficient (Wildman–Crippen LogP) is 3.13. The average molecular weight is 325 g/mol. The van der Waals surface area contributed by atoms with Crippen molar-refractivity contribution in [3.8, 4) is 5.75 Å². The van der Waals surface area contributed by atoms with E-state index in [1.165, 1.54) is 18.2 Å². The number of aromatic hydroxyl groups is 1. The van der Waals surface area contributed by atoms with Crippen LogP contribution in [-0.4, -0.2) is 11.0 Å². The van der Waals surface area contributed by atoms with Crippen LogP contribution in [0.25, 0.3) is 0 Å². The van der Waals surface area contributed by atoms with Gasteiger partial charge in [0.05, 0.1) is 11.3 Å². The molecule has 6 heteroatoms. The smallest absolute Gasteiger partial charge is 0.256 e. The molecule has 2 aromatic carbocycles. The molecule has 0 atom stereocenters. The number of amides is 1. The molecule has 4 N–H and O–H groups in total. The van der Waals surface area contributed by atoms with Gasteiger partial charge >= 0.3 is 0 Å². The first-order chi connectivity index (χ1) is 8.97. The molecule has 0 aliphatic carbocycles. The van der Waals surface area contributed by atoms with Crippen molar-refractivity contribution in [1.29, 1.82) is 0 Å². The van der Waals surface area contributed by atoms with Gasteiger partial charge in [-0.1, -0.05) is 6.07 Å². The molecule has 0 bridgehead atoms. The lowest BCUT2D eigenvalue weighted by Crippen LogP contribution is -2.13. The zero-order chi connectivity index (χ0) is 14.0. The molecule has 2 rings (SSSR count). The molecular formula is C13H10BrFN2O2. The maximum absolute atomic E-state index is 13.2. The van der Waals surface area contributed by atoms with Crippen LogP contribution in [0.4, 0.5) is 15.8 Å². The molecule has 0 saturated heterocycles. The fourth-order valence-electron chi connectivity index (χ4n) is 1.52. The molecule has 1 amide bonds. The lowest BCUT2D eigenvalue weighted by atomic mass is 10.1. The highest BCUT2D eigenvalue weighted by molar-refractivity contribution is 9.10. The second kappa shape index (κ2) is 5.27. The monoisotopic (exact) mass is 324 g/mol. The molecule has 0 radical (unpaired) electrons. The van der Waals surface area contributed by atoms with Gasteiger partial charge in [-0.05, 0) is 40.2 Å². The minimum Gasteiger partial charge on any atom is -0.508 e. The summed E-state index contributed by atoms with van der Waals surface area (Å²) in [5.74, 6) is -1.01. The summed E-state index contributed by atoms with van der Waals surface area (Å²) >= 11 is 3.10. The first kappa shape index (κ1) is 13.4. The summed E-state index contributed by atoms with van der Waals surface area (Å²) in [6.07, 6.45) is 0. The molecule has 0 heterocycles. The summed E-state index contributed by atoms with van der Waals surface area (Å²) in [5, 5.41) is 11.9. The quantitative estimate of drug-likeness (QED) is 0.743. The van der Waals surface area contributed by atoms with Gasteiger partial charge in [0.15, 0.2) is 0 Å². The number of hydrogen-bond donors (Lipinski definition) is 3. The van der Waals surface area contributed by atoms with Crippen molar-refractivity contribution in [2.45, 2.75) is 0 Å². The van der Waals surface area contributed by atoms with Crippen molar-refractivity contribution in [3.05, 3.63) is 52.3 Å². The van der Waals surface area contributed by atoms with Gasteiger partial charge in [-0.15, -0.1) is 0 Å². The highest BCUT2D eigenvalue weighted by Gasteiger charge is 2.13. The Morgan fingerprint density at radius 1 is 1.32 bits per heavy atom. The Labute approximate surface area is 117 Å². The summed E-state index contributed by atoms with van der Waals surface area (Å²) in [7, 11) is 0. The number of halogens is 2. The minimum atomic E-state index is -0.596. The maximum Gasteiger partial charge on any atom is 0.256 e. The molecule has 0 aliphatic rings. The van der Waals surface area contributed by atoms with Crippen LogP contribution in [0, 0.1) is 5.82 Å². The van der Waals surface area contributed by atoms with Crippen LogP contribution in [0.2, 0.25) is 0 Å². The number of nitrogens with one attached hydrogen (secondary N) is 1. The van der Waals surface area contributed by atoms with Gasteiger partial charge in [-0.25, -0.2) is 4.39 Å². The molecule has 0 fully saturated rings. The van der Waals surface area contributed by atoms with Crippen molar-refractivity contribution in [3.63, 3.8) is 0 Å². The van der Waals surface area contributed by atoms with Gasteiger partial charge in [0, 0.05) is 16.2 Å². The second-order valence-corrected chi connectivity index (χ2v) is 4.71. The Bertz CT molecular complexity index is 647. The maximum atomic E-state index is 13.2. The Hall–Kier alpha value is -2.08. The van der Waals surface area contributed by atoms with Crippen molar-refractivity contribution < 1.29 is 14.3 Å². The number of nitrogens with two attached hydrogens (primary N) is 1. The minimum absolute atomic E-state index is 0.0375. The summed E-state index contributed by atoms with van der Waals surface area (Å²) < 4.78 is 13.5. The van der Waals surface area contributed by atoms with E-state index in [0.717, 1.165) is 6.07 Å². The van der Waals surface area contributed by atoms with E-state index in [0.29, 0.717) is 10.2 Å². The average Bonchev–Trinajstić information content (AvgIpc) is 2.33. The van der Waals surface area contributed by atoms with Crippen molar-refractivity contribution in [2.24, 2.45) is 0 Å². The highest BCUT2D eigenvalue weighted by Crippen LogP contribution is 2.24. The number of anilines is 2. The van der Waals surface area contributed by atoms with Gasteiger partial charge in [0.25, 0.3) is 5.91 Å². The van der Waals surface area contributed by atoms with E-state index >= 15 is 0 Å². The van der Waals surface area contributed by atoms with Gasteiger partial charge in [0.2, 0.25) is 0 Å². The Morgan fingerprint density at radius 3 is 2.74 bits per heavy atom. The van der Waals surface area contributed by atoms with E-state index in [-0.39, 0.29) is 17.0 Å². The summed E-state index contributed by atoms with van der Waals surface area (Å²) in [6, 6.07) is 8.49. The number of benzene rings is 2. The van der Waals surface area contributed by atoms with Gasteiger partial charge in [0.1, 0.15) is 11.6 Å². The third-order valence-electron chi connectivity index (χ3n) is 2.44. The van der Waals surface area contributed by atoms with Gasteiger partial charge in [-0.3, -0.25) is 4.79 Å². The van der Waals surface area contributed by atoms with Crippen LogP contribution in [0.1, 0.15) is 10.4 Å². The molecule has 0 aromatic heterocycles. The number of phenolic OH excluding ortho intramolecular Hbond substituents is 1. The van der Waals surface area contributed by atoms with Gasteiger partial charge in [-0.2, -0.15) is 0 Å². The molecule has 0 aliphatic heterocycles. The zero-order valence-corrected chi connectivity index (χ0v) is 11.2. The number of rotatable bonds is 2. The molecule has 98 valence electrons. The lowest BCUT2D eigenvalue weighted by Gasteiger charge is -2.08. The van der Waals surface area contributed by atoms with E-state index in [9.17, 15) is 14.3 Å². The first-order valence-corrected chi connectivity index (χ1v) is 6.11. The van der Waals surface area contributed by atoms with Crippen LogP contribution >= 0.6 is 15.9 Å². The first-order valence-electron chi connectivity index (χ1n) is 5.32. The van der Waals surface area contributed by atoms with Gasteiger partial charge < -0.3 is 16.2 Å². The molecule has 2 aromatic rings. The summed E-state index contributed by atoms with van der Waals surface area (Å²) in [5.41, 5.74) is 5.96. The Morgan fingerprint density at radius 2 is 2.05 bits per heavy atom. The number of nitrogen functional groups attached to an aromatic ring is 1. The van der Waals surface area contributed by atoms with Crippen molar-refractivity contribution >= 4 is 33.2 Å². The van der Waals surface area contributed by atoms with E-state index in [2.05, 4.69) is 21.2 Å². The third kappa shape index (κ3) is 3.03. The second-order valence-electron chi connectivity index (χ2n) is 3.86. The van der Waals surface area contributed by atoms with E-state index in [1.54, 1.807) is 12.1 Å². The SMILES string of the molecule is Nc1cc(C(=O)Nc2cccc(O)c2)c(Br)cc1F. The fraction of sp³-hybridized carbons (Fsp3) is 0. The number of carbonyl (C=O) groups is 1. The largest absolute Gasteiger partial charge is 0.508 e. The van der Waals surface area contributed by atoms with Crippen LogP contribution in [0.5, 0.6) is 5.75 Å². The fourth-order valence-corrected chi connectivity index (χ4v) is 2.02. The normalized spacial score (nSPS) is 10.2. The molecule has 0 spiro atoms. The van der Waals surface area contributed by atoms with Crippen molar-refractivity contribution in [1.82, 2.24) is 0 Å². The highest BCUT2D eigenvalue weighted by atomic mass is 79.9. The summed E-state index contributed by atoms with van der Waals surface area (Å²) in [6.45, 7) is 0. The number of hydrogen-bond acceptors (Lipinski definition) is 3. The zero-order valence-electron chi connectivity index (χ0n) is 9.65. The predicted molar refractivity (Wildman–Crippen MR) is 74.6 cm³/mol. The number of phenols is 1. The van der Waals surface area contributed by atoms with E-state index in [1.807, 2.05) is 0 Å². The summed E-state index contributed by atoms with van der Waals surface area (Å²) in [4.78, 5) is 12.0. The van der Waals surface area contributed by atoms with Crippen molar-refractivity contribution in [2.75, 3.05) is 11.1 Å². The molecule has 19 heavy (non-hydrogen) atoms. The topological polar surface area (TPSA) is 75.4 Å². The standard InChI is InChI=1S/C13H10BrFN2O2/c14-10-6-11(15)12(16)5-9(10)13(19)17-7-2-1-3-8(18)4-7/h1-6,18H,16H2,(H,17,19). The molecule has 0 unspecified atom stereocenters. The molecule has 0 saturated carbocycles. The van der Waals surface area contributed by atoms with E-state index < -0.39 is 11.7 Å². The number of carbonyl (C=O) groups excluding carboxylic acids is 1. The van der Waals surface area contributed by atoms with Crippen LogP contribution < -0.4 is 11.1 Å². The van der Waals surface area contributed by atoms with Crippen LogP contribution in [-0.2, 0) is 0 Å². The molecular weight excluding hydrogens is 315 g/mol. The van der Waals surface area contributed by atoms with Crippen LogP contribution in [0.15, 0.2) is 40.9 Å². The van der Waals surface area contributed by atoms with Crippen LogP contribution in [0.3, 0.4) is 0 Å². The Balaban J connectivity index is 2.28.